The van der Waals surface area contributed by atoms with Crippen LogP contribution >= 0.6 is 27.3 Å². The minimum Gasteiger partial charge on any atom is -0.353 e. The van der Waals surface area contributed by atoms with E-state index >= 15 is 0 Å². The lowest BCUT2D eigenvalue weighted by Gasteiger charge is -2.36. The summed E-state index contributed by atoms with van der Waals surface area (Å²) in [6.45, 7) is 7.93. The van der Waals surface area contributed by atoms with Gasteiger partial charge in [-0.3, -0.25) is 0 Å². The van der Waals surface area contributed by atoms with E-state index in [1.165, 1.54) is 10.3 Å². The number of rotatable bonds is 2. The molecule has 1 aliphatic heterocycles. The Kier molecular flexibility index (Phi) is 4.14. The highest BCUT2D eigenvalue weighted by molar-refractivity contribution is 9.10. The molecule has 0 spiro atoms. The minimum absolute atomic E-state index is 0.942. The van der Waals surface area contributed by atoms with Gasteiger partial charge < -0.3 is 9.80 Å². The summed E-state index contributed by atoms with van der Waals surface area (Å²) in [7, 11) is 0. The molecule has 3 aromatic rings. The zero-order valence-corrected chi connectivity index (χ0v) is 16.1. The third-order valence-corrected chi connectivity index (χ3v) is 6.14. The van der Waals surface area contributed by atoms with E-state index in [0.717, 1.165) is 52.8 Å². The second-order valence-corrected chi connectivity index (χ2v) is 8.07. The van der Waals surface area contributed by atoms with Crippen molar-refractivity contribution in [2.75, 3.05) is 36.0 Å². The summed E-state index contributed by atoms with van der Waals surface area (Å²) >= 11 is 5.24. The van der Waals surface area contributed by atoms with Crippen LogP contribution in [0.3, 0.4) is 0 Å². The average molecular weight is 404 g/mol. The van der Waals surface area contributed by atoms with Crippen LogP contribution in [0.4, 0.5) is 11.6 Å². The first kappa shape index (κ1) is 15.8. The predicted molar refractivity (Wildman–Crippen MR) is 103 cm³/mol. The number of anilines is 2. The normalized spacial score (nSPS) is 15.3. The second-order valence-electron chi connectivity index (χ2n) is 5.98. The summed E-state index contributed by atoms with van der Waals surface area (Å²) in [6.07, 6.45) is 1.68. The fourth-order valence-corrected chi connectivity index (χ4v) is 4.13. The summed E-state index contributed by atoms with van der Waals surface area (Å²) in [4.78, 5) is 20.7. The van der Waals surface area contributed by atoms with Crippen LogP contribution in [-0.4, -0.2) is 41.1 Å². The predicted octanol–water partition coefficient (Wildman–Crippen LogP) is 3.79. The number of nitrogens with zero attached hydrogens (tertiary/aromatic N) is 5. The van der Waals surface area contributed by atoms with Crippen LogP contribution in [-0.2, 0) is 0 Å². The molecule has 124 valence electrons. The Morgan fingerprint density at radius 1 is 1.04 bits per heavy atom. The van der Waals surface area contributed by atoms with Gasteiger partial charge in [0.25, 0.3) is 0 Å². The van der Waals surface area contributed by atoms with E-state index in [1.54, 1.807) is 17.7 Å². The number of fused-ring (bicyclic) bond motifs is 1. The van der Waals surface area contributed by atoms with Crippen molar-refractivity contribution >= 4 is 49.1 Å². The van der Waals surface area contributed by atoms with Gasteiger partial charge in [-0.25, -0.2) is 15.0 Å². The summed E-state index contributed by atoms with van der Waals surface area (Å²) in [5, 5.41) is 1.17. The second kappa shape index (κ2) is 6.29. The largest absolute Gasteiger partial charge is 0.353 e. The Hall–Kier alpha value is -1.73. The number of halogens is 1. The van der Waals surface area contributed by atoms with Gasteiger partial charge in [0, 0.05) is 35.5 Å². The van der Waals surface area contributed by atoms with Gasteiger partial charge in [-0.1, -0.05) is 0 Å². The topological polar surface area (TPSA) is 45.2 Å². The summed E-state index contributed by atoms with van der Waals surface area (Å²) in [6, 6.07) is 6.35. The first-order chi connectivity index (χ1) is 11.6. The molecular weight excluding hydrogens is 386 g/mol. The van der Waals surface area contributed by atoms with Gasteiger partial charge in [-0.05, 0) is 48.0 Å². The monoisotopic (exact) mass is 403 g/mol. The number of pyridine rings is 1. The van der Waals surface area contributed by atoms with E-state index in [1.807, 2.05) is 6.92 Å². The van der Waals surface area contributed by atoms with Crippen molar-refractivity contribution in [1.82, 2.24) is 15.0 Å². The fraction of sp³-hybridized carbons (Fsp3) is 0.353. The lowest BCUT2D eigenvalue weighted by atomic mass is 10.2. The molecule has 0 atom stereocenters. The Morgan fingerprint density at radius 2 is 1.79 bits per heavy atom. The lowest BCUT2D eigenvalue weighted by molar-refractivity contribution is 0.642. The Bertz CT molecular complexity index is 886. The zero-order chi connectivity index (χ0) is 16.7. The van der Waals surface area contributed by atoms with E-state index < -0.39 is 0 Å². The van der Waals surface area contributed by atoms with Crippen LogP contribution in [0.25, 0.3) is 10.2 Å². The molecule has 4 heterocycles. The van der Waals surface area contributed by atoms with Crippen molar-refractivity contribution in [2.45, 2.75) is 13.8 Å². The van der Waals surface area contributed by atoms with Gasteiger partial charge in [0.15, 0.2) is 0 Å². The molecule has 0 bridgehead atoms. The standard InChI is InChI=1S/C17H18BrN5S/c1-11-9-13-16(19-10-20-17(13)24-11)23-7-5-22(6-8-23)15-4-3-14(18)12(2)21-15/h3-4,9-10H,5-8H2,1-2H3. The van der Waals surface area contributed by atoms with Crippen LogP contribution < -0.4 is 9.80 Å². The van der Waals surface area contributed by atoms with Crippen molar-refractivity contribution in [3.63, 3.8) is 0 Å². The number of thiophene rings is 1. The van der Waals surface area contributed by atoms with Gasteiger partial charge in [-0.15, -0.1) is 11.3 Å². The van der Waals surface area contributed by atoms with Crippen molar-refractivity contribution in [3.8, 4) is 0 Å². The highest BCUT2D eigenvalue weighted by atomic mass is 79.9. The Balaban J connectivity index is 1.54. The molecule has 1 fully saturated rings. The first-order valence-electron chi connectivity index (χ1n) is 7.96. The lowest BCUT2D eigenvalue weighted by Crippen LogP contribution is -2.47. The van der Waals surface area contributed by atoms with Gasteiger partial charge in [0.05, 0.1) is 11.1 Å². The maximum absolute atomic E-state index is 4.68. The molecule has 1 saturated heterocycles. The van der Waals surface area contributed by atoms with Crippen molar-refractivity contribution < 1.29 is 0 Å². The van der Waals surface area contributed by atoms with E-state index in [9.17, 15) is 0 Å². The number of piperazine rings is 1. The van der Waals surface area contributed by atoms with Crippen LogP contribution in [0.2, 0.25) is 0 Å². The van der Waals surface area contributed by atoms with Gasteiger partial charge in [0.1, 0.15) is 22.8 Å². The van der Waals surface area contributed by atoms with Crippen molar-refractivity contribution in [3.05, 3.63) is 39.6 Å². The summed E-state index contributed by atoms with van der Waals surface area (Å²) in [5.74, 6) is 2.11. The van der Waals surface area contributed by atoms with Gasteiger partial charge in [-0.2, -0.15) is 0 Å². The third-order valence-electron chi connectivity index (χ3n) is 4.34. The molecule has 0 saturated carbocycles. The molecule has 0 amide bonds. The molecule has 1 aliphatic rings. The van der Waals surface area contributed by atoms with Gasteiger partial charge in [0.2, 0.25) is 0 Å². The quantitative estimate of drug-likeness (QED) is 0.650. The van der Waals surface area contributed by atoms with Crippen LogP contribution in [0.15, 0.2) is 29.0 Å². The molecule has 24 heavy (non-hydrogen) atoms. The molecule has 0 N–H and O–H groups in total. The Labute approximate surface area is 153 Å². The van der Waals surface area contributed by atoms with E-state index in [-0.39, 0.29) is 0 Å². The summed E-state index contributed by atoms with van der Waals surface area (Å²) in [5.41, 5.74) is 1.03. The van der Waals surface area contributed by atoms with Crippen LogP contribution in [0.1, 0.15) is 10.6 Å². The van der Waals surface area contributed by atoms with E-state index in [4.69, 9.17) is 0 Å². The summed E-state index contributed by atoms with van der Waals surface area (Å²) < 4.78 is 1.06. The fourth-order valence-electron chi connectivity index (χ4n) is 3.07. The number of aryl methyl sites for hydroxylation is 2. The van der Waals surface area contributed by atoms with E-state index in [0.29, 0.717) is 0 Å². The number of aromatic nitrogens is 3. The van der Waals surface area contributed by atoms with Crippen LogP contribution in [0.5, 0.6) is 0 Å². The molecule has 4 rings (SSSR count). The molecule has 0 aromatic carbocycles. The zero-order valence-electron chi connectivity index (χ0n) is 13.7. The maximum atomic E-state index is 4.68. The number of hydrogen-bond donors (Lipinski definition) is 0. The van der Waals surface area contributed by atoms with E-state index in [2.05, 4.69) is 65.8 Å². The first-order valence-corrected chi connectivity index (χ1v) is 9.57. The molecule has 3 aromatic heterocycles. The SMILES string of the molecule is Cc1cc2c(N3CCN(c4ccc(Br)c(C)n4)CC3)ncnc2s1. The smallest absolute Gasteiger partial charge is 0.140 e. The number of hydrogen-bond acceptors (Lipinski definition) is 6. The third kappa shape index (κ3) is 2.86. The molecule has 0 unspecified atom stereocenters. The maximum Gasteiger partial charge on any atom is 0.140 e. The van der Waals surface area contributed by atoms with Crippen molar-refractivity contribution in [1.29, 1.82) is 0 Å². The van der Waals surface area contributed by atoms with Crippen molar-refractivity contribution in [2.24, 2.45) is 0 Å². The Morgan fingerprint density at radius 3 is 2.54 bits per heavy atom. The molecular formula is C17H18BrN5S. The minimum atomic E-state index is 0.942. The van der Waals surface area contributed by atoms with Crippen LogP contribution in [0, 0.1) is 13.8 Å². The highest BCUT2D eigenvalue weighted by Gasteiger charge is 2.21. The molecule has 5 nitrogen and oxygen atoms in total. The van der Waals surface area contributed by atoms with Gasteiger partial charge >= 0.3 is 0 Å². The molecule has 0 radical (unpaired) electrons. The average Bonchev–Trinajstić information content (AvgIpc) is 2.97. The molecule has 7 heteroatoms. The highest BCUT2D eigenvalue weighted by Crippen LogP contribution is 2.30. The molecule has 0 aliphatic carbocycles.